The van der Waals surface area contributed by atoms with Crippen molar-refractivity contribution in [2.75, 3.05) is 52.4 Å². The van der Waals surface area contributed by atoms with Gasteiger partial charge in [0.15, 0.2) is 0 Å². The van der Waals surface area contributed by atoms with Crippen LogP contribution in [-0.4, -0.2) is 106 Å². The van der Waals surface area contributed by atoms with Crippen molar-refractivity contribution in [2.24, 2.45) is 5.92 Å². The predicted molar refractivity (Wildman–Crippen MR) is 226 cm³/mol. The Morgan fingerprint density at radius 1 is 0.380 bits per heavy atom. The first-order valence-corrected chi connectivity index (χ1v) is 21.9. The lowest BCUT2D eigenvalue weighted by Gasteiger charge is -2.44. The minimum atomic E-state index is 0.393. The van der Waals surface area contributed by atoms with Crippen LogP contribution in [0.1, 0.15) is 200 Å². The monoisotopic (exact) mass is 706 g/mol. The van der Waals surface area contributed by atoms with Crippen LogP contribution in [0.25, 0.3) is 0 Å². The summed E-state index contributed by atoms with van der Waals surface area (Å²) in [6.07, 6.45) is 21.4. The van der Waals surface area contributed by atoms with Gasteiger partial charge in [-0.1, -0.05) is 46.5 Å². The average Bonchev–Trinajstić information content (AvgIpc) is 3.50. The van der Waals surface area contributed by atoms with Crippen molar-refractivity contribution < 1.29 is 0 Å². The molecule has 50 heavy (non-hydrogen) atoms. The SMILES string of the molecule is C1CNC1.CC(C)(C)N1C2CCCC1CC2.CC(C)(C)N1CCCC1.CC(C)(C)N1CCCCC1.CC(C)(C)N1CCCCCC1.CC(C)C. The number of fused-ring (bicyclic) bond motifs is 2. The Labute approximate surface area is 316 Å². The Morgan fingerprint density at radius 2 is 0.620 bits per heavy atom. The standard InChI is InChI=1S/C11H21N.C10H21N.C9H19N.C8H17N.C4H10.C3H7N/c1-11(2,3)12-9-5-4-6-10(12)8-7-9;1-10(2,3)11-8-6-4-5-7-9-11;1-9(2,3)10-7-5-4-6-8-10;1-8(2,3)9-6-4-5-7-9;1-4(2)3;1-2-4-3-1/h9-10H,4-8H2,1-3H3;4-9H2,1-3H3;4-8H2,1-3H3;4-7H2,1-3H3;4H,1-3H3;4H,1-3H2. The molecule has 6 rings (SSSR count). The molecule has 0 spiro atoms. The molecule has 0 aromatic rings. The zero-order chi connectivity index (χ0) is 38.0. The summed E-state index contributed by atoms with van der Waals surface area (Å²) in [5.41, 5.74) is 1.62. The van der Waals surface area contributed by atoms with Crippen molar-refractivity contribution in [3.8, 4) is 0 Å². The second kappa shape index (κ2) is 23.6. The smallest absolute Gasteiger partial charge is 0.0130 e. The van der Waals surface area contributed by atoms with Gasteiger partial charge in [-0.25, -0.2) is 0 Å². The molecule has 6 aliphatic heterocycles. The highest BCUT2D eigenvalue weighted by Gasteiger charge is 2.41. The van der Waals surface area contributed by atoms with E-state index < -0.39 is 0 Å². The van der Waals surface area contributed by atoms with Gasteiger partial charge in [0.05, 0.1) is 0 Å². The van der Waals surface area contributed by atoms with E-state index in [1.807, 2.05) is 0 Å². The summed E-state index contributed by atoms with van der Waals surface area (Å²) in [6.45, 7) is 44.7. The Morgan fingerprint density at radius 3 is 0.820 bits per heavy atom. The molecule has 0 radical (unpaired) electrons. The highest BCUT2D eigenvalue weighted by atomic mass is 15.3. The first-order valence-electron chi connectivity index (χ1n) is 21.9. The Hall–Kier alpha value is -0.200. The molecular weight excluding hydrogens is 611 g/mol. The highest BCUT2D eigenvalue weighted by Crippen LogP contribution is 2.40. The molecule has 0 aromatic carbocycles. The maximum atomic E-state index is 3.11. The van der Waals surface area contributed by atoms with Gasteiger partial charge >= 0.3 is 0 Å². The van der Waals surface area contributed by atoms with Gasteiger partial charge in [0.1, 0.15) is 0 Å². The quantitative estimate of drug-likeness (QED) is 0.271. The number of nitrogens with one attached hydrogen (secondary N) is 1. The molecule has 2 atom stereocenters. The van der Waals surface area contributed by atoms with Crippen molar-refractivity contribution in [2.45, 2.75) is 234 Å². The Balaban J connectivity index is 0.000000311. The summed E-state index contributed by atoms with van der Waals surface area (Å²) < 4.78 is 0. The van der Waals surface area contributed by atoms with E-state index in [2.05, 4.69) is 129 Å². The predicted octanol–water partition coefficient (Wildman–Crippen LogP) is 11.3. The van der Waals surface area contributed by atoms with Crippen LogP contribution in [0.4, 0.5) is 0 Å². The van der Waals surface area contributed by atoms with Crippen LogP contribution in [0.3, 0.4) is 0 Å². The van der Waals surface area contributed by atoms with Gasteiger partial charge in [-0.3, -0.25) is 19.6 Å². The Bertz CT molecular complexity index is 780. The van der Waals surface area contributed by atoms with Gasteiger partial charge in [0.2, 0.25) is 0 Å². The van der Waals surface area contributed by atoms with Crippen molar-refractivity contribution >= 4 is 0 Å². The zero-order valence-corrected chi connectivity index (χ0v) is 37.3. The van der Waals surface area contributed by atoms with Gasteiger partial charge in [-0.2, -0.15) is 0 Å². The third-order valence-corrected chi connectivity index (χ3v) is 11.1. The number of piperidine rings is 2. The zero-order valence-electron chi connectivity index (χ0n) is 37.3. The molecule has 6 fully saturated rings. The third kappa shape index (κ3) is 20.9. The van der Waals surface area contributed by atoms with Crippen LogP contribution >= 0.6 is 0 Å². The van der Waals surface area contributed by atoms with E-state index in [9.17, 15) is 0 Å². The minimum absolute atomic E-state index is 0.393. The van der Waals surface area contributed by atoms with Gasteiger partial charge in [-0.05, 0) is 212 Å². The largest absolute Gasteiger partial charge is 0.317 e. The van der Waals surface area contributed by atoms with Gasteiger partial charge < -0.3 is 5.32 Å². The summed E-state index contributed by atoms with van der Waals surface area (Å²) in [4.78, 5) is 10.5. The van der Waals surface area contributed by atoms with Gasteiger partial charge in [-0.15, -0.1) is 0 Å². The maximum Gasteiger partial charge on any atom is 0.0130 e. The maximum absolute atomic E-state index is 3.11. The molecule has 0 saturated carbocycles. The third-order valence-electron chi connectivity index (χ3n) is 11.1. The summed E-state index contributed by atoms with van der Waals surface area (Å²) in [5, 5.41) is 3.11. The molecule has 300 valence electrons. The second-order valence-corrected chi connectivity index (χ2v) is 20.9. The molecule has 0 amide bonds. The number of likely N-dealkylation sites (tertiary alicyclic amines) is 3. The number of nitrogens with zero attached hydrogens (tertiary/aromatic N) is 4. The van der Waals surface area contributed by atoms with Crippen LogP contribution in [0.15, 0.2) is 0 Å². The van der Waals surface area contributed by atoms with Crippen molar-refractivity contribution in [1.82, 2.24) is 24.9 Å². The van der Waals surface area contributed by atoms with Crippen LogP contribution in [0.5, 0.6) is 0 Å². The summed E-state index contributed by atoms with van der Waals surface area (Å²) >= 11 is 0. The van der Waals surface area contributed by atoms with Crippen LogP contribution < -0.4 is 5.32 Å². The van der Waals surface area contributed by atoms with Crippen LogP contribution in [-0.2, 0) is 0 Å². The summed E-state index contributed by atoms with van der Waals surface area (Å²) in [7, 11) is 0. The fraction of sp³-hybridized carbons (Fsp3) is 1.00. The van der Waals surface area contributed by atoms with E-state index in [4.69, 9.17) is 0 Å². The fourth-order valence-electron chi connectivity index (χ4n) is 8.08. The summed E-state index contributed by atoms with van der Waals surface area (Å²) in [6, 6.07) is 1.84. The van der Waals surface area contributed by atoms with Crippen molar-refractivity contribution in [3.63, 3.8) is 0 Å². The van der Waals surface area contributed by atoms with E-state index in [1.54, 1.807) is 0 Å². The lowest BCUT2D eigenvalue weighted by molar-refractivity contribution is 0.0441. The molecular formula is C45H95N5. The van der Waals surface area contributed by atoms with E-state index in [-0.39, 0.29) is 0 Å². The van der Waals surface area contributed by atoms with E-state index >= 15 is 0 Å². The topological polar surface area (TPSA) is 25.0 Å². The average molecular weight is 706 g/mol. The second-order valence-electron chi connectivity index (χ2n) is 20.9. The molecule has 6 heterocycles. The fourth-order valence-corrected chi connectivity index (χ4v) is 8.08. The van der Waals surface area contributed by atoms with E-state index in [0.717, 1.165) is 18.0 Å². The van der Waals surface area contributed by atoms with Crippen molar-refractivity contribution in [1.29, 1.82) is 0 Å². The lowest BCUT2D eigenvalue weighted by atomic mass is 9.95. The highest BCUT2D eigenvalue weighted by molar-refractivity contribution is 4.97. The molecule has 2 unspecified atom stereocenters. The first kappa shape index (κ1) is 47.8. The molecule has 2 bridgehead atoms. The normalized spacial score (nSPS) is 25.4. The van der Waals surface area contributed by atoms with E-state index in [0.29, 0.717) is 22.2 Å². The molecule has 5 nitrogen and oxygen atoms in total. The number of hydrogen-bond acceptors (Lipinski definition) is 5. The molecule has 5 heteroatoms. The molecule has 0 aliphatic carbocycles. The summed E-state index contributed by atoms with van der Waals surface area (Å²) in [5.74, 6) is 0.833. The van der Waals surface area contributed by atoms with Crippen LogP contribution in [0.2, 0.25) is 0 Å². The van der Waals surface area contributed by atoms with Crippen molar-refractivity contribution in [3.05, 3.63) is 0 Å². The van der Waals surface area contributed by atoms with Crippen LogP contribution in [0, 0.1) is 5.92 Å². The Kier molecular flexibility index (Phi) is 22.5. The lowest BCUT2D eigenvalue weighted by Crippen LogP contribution is -2.51. The molecule has 6 saturated heterocycles. The molecule has 1 N–H and O–H groups in total. The number of rotatable bonds is 0. The molecule has 6 aliphatic rings. The van der Waals surface area contributed by atoms with E-state index in [1.165, 1.54) is 149 Å². The first-order chi connectivity index (χ1) is 23.1. The van der Waals surface area contributed by atoms with Gasteiger partial charge in [0, 0.05) is 34.2 Å². The van der Waals surface area contributed by atoms with Gasteiger partial charge in [0.25, 0.3) is 0 Å². The molecule has 0 aromatic heterocycles. The number of hydrogen-bond donors (Lipinski definition) is 1. The minimum Gasteiger partial charge on any atom is -0.317 e.